The molecule has 0 bridgehead atoms. The number of anilines is 1. The number of carbonyl (C=O) groups excluding carboxylic acids is 2. The molecule has 0 heterocycles. The Morgan fingerprint density at radius 1 is 1.15 bits per heavy atom. The van der Waals surface area contributed by atoms with Gasteiger partial charge in [0.05, 0.1) is 11.5 Å². The number of carbonyl (C=O) groups is 2. The molecule has 0 fully saturated rings. The number of para-hydroxylation sites is 3. The fourth-order valence-corrected chi connectivity index (χ4v) is 2.17. The summed E-state index contributed by atoms with van der Waals surface area (Å²) < 4.78 is 10.3. The minimum absolute atomic E-state index is 0.0322. The van der Waals surface area contributed by atoms with Crippen molar-refractivity contribution in [2.45, 2.75) is 6.92 Å². The molecule has 2 aromatic carbocycles. The zero-order valence-corrected chi connectivity index (χ0v) is 14.6. The van der Waals surface area contributed by atoms with Crippen LogP contribution in [0.2, 0.25) is 0 Å². The minimum Gasteiger partial charge on any atom is -0.493 e. The van der Waals surface area contributed by atoms with Crippen LogP contribution >= 0.6 is 0 Å². The molecular weight excluding hydrogens is 352 g/mol. The van der Waals surface area contributed by atoms with Crippen molar-refractivity contribution in [1.29, 1.82) is 0 Å². The average Bonchev–Trinajstić information content (AvgIpc) is 2.66. The Balaban J connectivity index is 1.90. The lowest BCUT2D eigenvalue weighted by Gasteiger charge is -2.07. The van der Waals surface area contributed by atoms with Crippen LogP contribution in [0.25, 0.3) is 6.08 Å². The van der Waals surface area contributed by atoms with Crippen LogP contribution in [0.1, 0.15) is 12.5 Å². The van der Waals surface area contributed by atoms with Crippen LogP contribution in [0, 0.1) is 10.1 Å². The Kier molecular flexibility index (Phi) is 7.07. The number of benzene rings is 2. The number of nitrogens with zero attached hydrogens (tertiary/aromatic N) is 1. The van der Waals surface area contributed by atoms with Gasteiger partial charge in [0, 0.05) is 17.7 Å². The summed E-state index contributed by atoms with van der Waals surface area (Å²) in [5.74, 6) is -0.780. The highest BCUT2D eigenvalue weighted by molar-refractivity contribution is 5.96. The van der Waals surface area contributed by atoms with E-state index in [1.165, 1.54) is 30.4 Å². The Bertz CT molecular complexity index is 863. The topological polar surface area (TPSA) is 108 Å². The van der Waals surface area contributed by atoms with E-state index in [0.717, 1.165) is 0 Å². The van der Waals surface area contributed by atoms with E-state index in [9.17, 15) is 19.7 Å². The lowest BCUT2D eigenvalue weighted by molar-refractivity contribution is -0.383. The number of amides is 1. The molecule has 0 saturated carbocycles. The van der Waals surface area contributed by atoms with E-state index in [1.54, 1.807) is 24.3 Å². The molecule has 8 heteroatoms. The molecule has 0 spiro atoms. The third-order valence-corrected chi connectivity index (χ3v) is 3.34. The number of nitro benzene ring substituents is 1. The molecule has 0 saturated heterocycles. The second-order valence-electron chi connectivity index (χ2n) is 5.23. The van der Waals surface area contributed by atoms with E-state index >= 15 is 0 Å². The van der Waals surface area contributed by atoms with Gasteiger partial charge < -0.3 is 14.8 Å². The minimum atomic E-state index is -0.723. The van der Waals surface area contributed by atoms with Crippen molar-refractivity contribution in [2.75, 3.05) is 18.5 Å². The zero-order chi connectivity index (χ0) is 19.6. The maximum atomic E-state index is 11.9. The summed E-state index contributed by atoms with van der Waals surface area (Å²) in [7, 11) is 0. The van der Waals surface area contributed by atoms with Gasteiger partial charge in [-0.15, -0.1) is 0 Å². The number of nitrogens with one attached hydrogen (secondary N) is 1. The van der Waals surface area contributed by atoms with E-state index in [0.29, 0.717) is 17.9 Å². The predicted molar refractivity (Wildman–Crippen MR) is 99.3 cm³/mol. The molecule has 2 rings (SSSR count). The number of nitro groups is 1. The van der Waals surface area contributed by atoms with Gasteiger partial charge in [0.1, 0.15) is 11.4 Å². The molecule has 8 nitrogen and oxygen atoms in total. The summed E-state index contributed by atoms with van der Waals surface area (Å²) in [5.41, 5.74) is 0.481. The maximum absolute atomic E-state index is 11.9. The van der Waals surface area contributed by atoms with Crippen molar-refractivity contribution in [3.8, 4) is 5.75 Å². The van der Waals surface area contributed by atoms with Gasteiger partial charge in [-0.25, -0.2) is 4.79 Å². The predicted octanol–water partition coefficient (Wildman–Crippen LogP) is 3.19. The van der Waals surface area contributed by atoms with Gasteiger partial charge in [-0.2, -0.15) is 0 Å². The number of rotatable bonds is 8. The van der Waals surface area contributed by atoms with Gasteiger partial charge in [0.2, 0.25) is 0 Å². The van der Waals surface area contributed by atoms with E-state index in [-0.39, 0.29) is 11.4 Å². The summed E-state index contributed by atoms with van der Waals surface area (Å²) in [5, 5.41) is 13.3. The molecular formula is C19H18N2O6. The molecule has 0 aliphatic carbocycles. The van der Waals surface area contributed by atoms with E-state index in [1.807, 2.05) is 13.0 Å². The summed E-state index contributed by atoms with van der Waals surface area (Å²) in [6.07, 6.45) is 2.70. The smallest absolute Gasteiger partial charge is 0.331 e. The number of ether oxygens (including phenoxy) is 2. The first kappa shape index (κ1) is 19.6. The van der Waals surface area contributed by atoms with Gasteiger partial charge in [-0.1, -0.05) is 30.3 Å². The molecule has 27 heavy (non-hydrogen) atoms. The Labute approximate surface area is 155 Å². The molecule has 2 aromatic rings. The fraction of sp³-hybridized carbons (Fsp3) is 0.158. The Morgan fingerprint density at radius 3 is 2.59 bits per heavy atom. The van der Waals surface area contributed by atoms with Gasteiger partial charge in [0.25, 0.3) is 11.6 Å². The first-order valence-electron chi connectivity index (χ1n) is 8.11. The van der Waals surface area contributed by atoms with Crippen LogP contribution in [0.3, 0.4) is 0 Å². The number of hydrogen-bond donors (Lipinski definition) is 1. The third kappa shape index (κ3) is 5.96. The van der Waals surface area contributed by atoms with Crippen molar-refractivity contribution in [3.63, 3.8) is 0 Å². The van der Waals surface area contributed by atoms with Gasteiger partial charge >= 0.3 is 5.97 Å². The highest BCUT2D eigenvalue weighted by atomic mass is 16.6. The first-order valence-corrected chi connectivity index (χ1v) is 8.11. The maximum Gasteiger partial charge on any atom is 0.331 e. The Morgan fingerprint density at radius 2 is 1.85 bits per heavy atom. The van der Waals surface area contributed by atoms with Crippen LogP contribution in [0.4, 0.5) is 11.4 Å². The molecule has 0 atom stereocenters. The van der Waals surface area contributed by atoms with E-state index in [2.05, 4.69) is 5.32 Å². The lowest BCUT2D eigenvalue weighted by Crippen LogP contribution is -2.20. The van der Waals surface area contributed by atoms with E-state index in [4.69, 9.17) is 9.47 Å². The normalized spacial score (nSPS) is 10.4. The van der Waals surface area contributed by atoms with Gasteiger partial charge in [0.15, 0.2) is 6.61 Å². The molecule has 140 valence electrons. The Hall–Kier alpha value is -3.68. The summed E-state index contributed by atoms with van der Waals surface area (Å²) in [6.45, 7) is 1.77. The van der Waals surface area contributed by atoms with Crippen LogP contribution in [-0.2, 0) is 14.3 Å². The van der Waals surface area contributed by atoms with Gasteiger partial charge in [-0.3, -0.25) is 14.9 Å². The summed E-state index contributed by atoms with van der Waals surface area (Å²) >= 11 is 0. The van der Waals surface area contributed by atoms with Crippen LogP contribution in [-0.4, -0.2) is 30.0 Å². The SMILES string of the molecule is CCOc1ccccc1C=CC(=O)OCC(=O)Nc1ccccc1[N+](=O)[O-]. The third-order valence-electron chi connectivity index (χ3n) is 3.34. The molecule has 0 aliphatic rings. The molecule has 1 N–H and O–H groups in total. The van der Waals surface area contributed by atoms with Crippen LogP contribution < -0.4 is 10.1 Å². The lowest BCUT2D eigenvalue weighted by atomic mass is 10.2. The van der Waals surface area contributed by atoms with Crippen molar-refractivity contribution in [2.24, 2.45) is 0 Å². The standard InChI is InChI=1S/C19H18N2O6/c1-2-26-17-10-6-3-7-14(17)11-12-19(23)27-13-18(22)20-15-8-4-5-9-16(15)21(24)25/h3-12H,2,13H2,1H3,(H,20,22). The molecule has 0 aromatic heterocycles. The summed E-state index contributed by atoms with van der Waals surface area (Å²) in [6, 6.07) is 12.8. The highest BCUT2D eigenvalue weighted by Crippen LogP contribution is 2.23. The highest BCUT2D eigenvalue weighted by Gasteiger charge is 2.15. The van der Waals surface area contributed by atoms with Gasteiger partial charge in [-0.05, 0) is 25.1 Å². The number of esters is 1. The molecule has 0 unspecified atom stereocenters. The average molecular weight is 370 g/mol. The van der Waals surface area contributed by atoms with Crippen molar-refractivity contribution in [3.05, 3.63) is 70.3 Å². The molecule has 1 amide bonds. The van der Waals surface area contributed by atoms with Crippen LogP contribution in [0.5, 0.6) is 5.75 Å². The van der Waals surface area contributed by atoms with E-state index < -0.39 is 23.4 Å². The quantitative estimate of drug-likeness (QED) is 0.331. The van der Waals surface area contributed by atoms with Crippen molar-refractivity contribution >= 4 is 29.3 Å². The van der Waals surface area contributed by atoms with Crippen molar-refractivity contribution < 1.29 is 24.0 Å². The zero-order valence-electron chi connectivity index (χ0n) is 14.6. The largest absolute Gasteiger partial charge is 0.493 e. The monoisotopic (exact) mass is 370 g/mol. The second kappa shape index (κ2) is 9.71. The first-order chi connectivity index (χ1) is 13.0. The number of hydrogen-bond acceptors (Lipinski definition) is 6. The molecule has 0 radical (unpaired) electrons. The fourth-order valence-electron chi connectivity index (χ4n) is 2.17. The van der Waals surface area contributed by atoms with Crippen molar-refractivity contribution in [1.82, 2.24) is 0 Å². The summed E-state index contributed by atoms with van der Waals surface area (Å²) in [4.78, 5) is 33.9. The van der Waals surface area contributed by atoms with Crippen LogP contribution in [0.15, 0.2) is 54.6 Å². The second-order valence-corrected chi connectivity index (χ2v) is 5.23. The molecule has 0 aliphatic heterocycles.